The molecule has 5 nitrogen and oxygen atoms in total. The summed E-state index contributed by atoms with van der Waals surface area (Å²) in [4.78, 5) is 12.1. The van der Waals surface area contributed by atoms with Gasteiger partial charge in [-0.1, -0.05) is 12.2 Å². The van der Waals surface area contributed by atoms with Crippen LogP contribution < -0.4 is 11.1 Å². The first-order chi connectivity index (χ1) is 8.86. The third kappa shape index (κ3) is 3.42. The molecule has 0 spiro atoms. The summed E-state index contributed by atoms with van der Waals surface area (Å²) in [5.74, 6) is -0.346. The molecule has 0 radical (unpaired) electrons. The van der Waals surface area contributed by atoms with Crippen LogP contribution in [0.25, 0.3) is 0 Å². The summed E-state index contributed by atoms with van der Waals surface area (Å²) in [6, 6.07) is 6.03. The molecule has 19 heavy (non-hydrogen) atoms. The van der Waals surface area contributed by atoms with Gasteiger partial charge >= 0.3 is 0 Å². The molecule has 0 bridgehead atoms. The van der Waals surface area contributed by atoms with Crippen LogP contribution in [0.5, 0.6) is 0 Å². The van der Waals surface area contributed by atoms with Gasteiger partial charge in [-0.2, -0.15) is 0 Å². The van der Waals surface area contributed by atoms with Crippen molar-refractivity contribution in [2.75, 3.05) is 11.6 Å². The minimum absolute atomic E-state index is 0.0663. The van der Waals surface area contributed by atoms with Crippen LogP contribution in [-0.2, 0) is 14.6 Å². The van der Waals surface area contributed by atoms with Crippen LogP contribution in [0.4, 0.5) is 5.69 Å². The molecule has 1 amide bonds. The molecule has 2 unspecified atom stereocenters. The maximum atomic E-state index is 11.9. The molecular weight excluding hydrogens is 264 g/mol. The van der Waals surface area contributed by atoms with Crippen LogP contribution >= 0.6 is 0 Å². The number of carbonyl (C=O) groups is 1. The van der Waals surface area contributed by atoms with E-state index < -0.39 is 9.84 Å². The van der Waals surface area contributed by atoms with Crippen LogP contribution in [0.1, 0.15) is 6.42 Å². The average Bonchev–Trinajstić information content (AvgIpc) is 2.75. The van der Waals surface area contributed by atoms with Gasteiger partial charge in [0.25, 0.3) is 0 Å². The van der Waals surface area contributed by atoms with Gasteiger partial charge in [0.05, 0.1) is 10.8 Å². The van der Waals surface area contributed by atoms with E-state index in [0.29, 0.717) is 12.1 Å². The first-order valence-electron chi connectivity index (χ1n) is 5.91. The van der Waals surface area contributed by atoms with E-state index in [9.17, 15) is 13.2 Å². The quantitative estimate of drug-likeness (QED) is 0.806. The Hall–Kier alpha value is -1.66. The van der Waals surface area contributed by atoms with Crippen LogP contribution in [0.2, 0.25) is 0 Å². The Morgan fingerprint density at radius 1 is 1.26 bits per heavy atom. The summed E-state index contributed by atoms with van der Waals surface area (Å²) in [5, 5.41) is 2.74. The van der Waals surface area contributed by atoms with E-state index in [4.69, 9.17) is 5.73 Å². The smallest absolute Gasteiger partial charge is 0.231 e. The van der Waals surface area contributed by atoms with Crippen molar-refractivity contribution in [1.29, 1.82) is 0 Å². The Balaban J connectivity index is 2.04. The zero-order valence-corrected chi connectivity index (χ0v) is 11.4. The monoisotopic (exact) mass is 280 g/mol. The van der Waals surface area contributed by atoms with Crippen molar-refractivity contribution >= 4 is 21.4 Å². The van der Waals surface area contributed by atoms with Crippen molar-refractivity contribution in [2.24, 2.45) is 11.7 Å². The predicted octanol–water partition coefficient (Wildman–Crippen LogP) is 0.932. The molecule has 1 aliphatic rings. The van der Waals surface area contributed by atoms with Gasteiger partial charge in [-0.25, -0.2) is 8.42 Å². The van der Waals surface area contributed by atoms with Crippen molar-refractivity contribution in [2.45, 2.75) is 17.4 Å². The summed E-state index contributed by atoms with van der Waals surface area (Å²) in [5.41, 5.74) is 6.27. The van der Waals surface area contributed by atoms with Gasteiger partial charge in [0, 0.05) is 18.0 Å². The third-order valence-corrected chi connectivity index (χ3v) is 4.13. The summed E-state index contributed by atoms with van der Waals surface area (Å²) < 4.78 is 22.6. The van der Waals surface area contributed by atoms with E-state index in [1.807, 2.05) is 6.08 Å². The number of amides is 1. The SMILES string of the molecule is CS(=O)(=O)c1ccc(NC(=O)C2C=CC(N)C2)cc1. The molecule has 0 aromatic heterocycles. The topological polar surface area (TPSA) is 89.3 Å². The van der Waals surface area contributed by atoms with Crippen molar-refractivity contribution in [3.8, 4) is 0 Å². The highest BCUT2D eigenvalue weighted by Gasteiger charge is 2.22. The lowest BCUT2D eigenvalue weighted by molar-refractivity contribution is -0.118. The Bertz CT molecular complexity index is 605. The molecule has 0 heterocycles. The second kappa shape index (κ2) is 5.14. The fourth-order valence-electron chi connectivity index (χ4n) is 1.94. The molecule has 0 saturated carbocycles. The van der Waals surface area contributed by atoms with Gasteiger partial charge in [-0.05, 0) is 30.7 Å². The molecule has 2 rings (SSSR count). The van der Waals surface area contributed by atoms with Gasteiger partial charge in [0.2, 0.25) is 5.91 Å². The number of hydrogen-bond acceptors (Lipinski definition) is 4. The van der Waals surface area contributed by atoms with Crippen molar-refractivity contribution in [3.63, 3.8) is 0 Å². The highest BCUT2D eigenvalue weighted by molar-refractivity contribution is 7.90. The molecule has 0 saturated heterocycles. The van der Waals surface area contributed by atoms with Crippen LogP contribution in [0.15, 0.2) is 41.3 Å². The van der Waals surface area contributed by atoms with Gasteiger partial charge in [-0.15, -0.1) is 0 Å². The number of benzene rings is 1. The predicted molar refractivity (Wildman–Crippen MR) is 73.4 cm³/mol. The summed E-state index contributed by atoms with van der Waals surface area (Å²) in [6.45, 7) is 0. The Morgan fingerprint density at radius 2 is 1.89 bits per heavy atom. The first kappa shape index (κ1) is 13.8. The zero-order chi connectivity index (χ0) is 14.0. The fourth-order valence-corrected chi connectivity index (χ4v) is 2.57. The molecule has 0 fully saturated rings. The number of rotatable bonds is 3. The summed E-state index contributed by atoms with van der Waals surface area (Å²) in [7, 11) is -3.21. The summed E-state index contributed by atoms with van der Waals surface area (Å²) in [6.07, 6.45) is 5.36. The Morgan fingerprint density at radius 3 is 2.37 bits per heavy atom. The Kier molecular flexibility index (Phi) is 3.73. The molecule has 2 atom stereocenters. The van der Waals surface area contributed by atoms with E-state index in [1.165, 1.54) is 12.1 Å². The molecule has 0 aliphatic heterocycles. The second-order valence-corrected chi connectivity index (χ2v) is 6.69. The van der Waals surface area contributed by atoms with E-state index in [1.54, 1.807) is 18.2 Å². The van der Waals surface area contributed by atoms with Crippen molar-refractivity contribution in [1.82, 2.24) is 0 Å². The molecular formula is C13H16N2O3S. The molecule has 1 aliphatic carbocycles. The molecule has 1 aromatic rings. The highest BCUT2D eigenvalue weighted by Crippen LogP contribution is 2.19. The van der Waals surface area contributed by atoms with Crippen LogP contribution in [0.3, 0.4) is 0 Å². The number of sulfone groups is 1. The highest BCUT2D eigenvalue weighted by atomic mass is 32.2. The largest absolute Gasteiger partial charge is 0.326 e. The standard InChI is InChI=1S/C13H16N2O3S/c1-19(17,18)12-6-4-11(5-7-12)15-13(16)9-2-3-10(14)8-9/h2-7,9-10H,8,14H2,1H3,(H,15,16). The van der Waals surface area contributed by atoms with Gasteiger partial charge in [0.1, 0.15) is 0 Å². The van der Waals surface area contributed by atoms with Gasteiger partial charge < -0.3 is 11.1 Å². The third-order valence-electron chi connectivity index (χ3n) is 3.00. The minimum Gasteiger partial charge on any atom is -0.326 e. The average molecular weight is 280 g/mol. The number of nitrogens with one attached hydrogen (secondary N) is 1. The number of carbonyl (C=O) groups excluding carboxylic acids is 1. The molecule has 1 aromatic carbocycles. The molecule has 3 N–H and O–H groups in total. The van der Waals surface area contributed by atoms with Crippen LogP contribution in [-0.4, -0.2) is 26.6 Å². The number of hydrogen-bond donors (Lipinski definition) is 2. The lowest BCUT2D eigenvalue weighted by atomic mass is 10.1. The van der Waals surface area contributed by atoms with Crippen LogP contribution in [0, 0.1) is 5.92 Å². The molecule has 102 valence electrons. The number of anilines is 1. The van der Waals surface area contributed by atoms with Crippen molar-refractivity contribution in [3.05, 3.63) is 36.4 Å². The van der Waals surface area contributed by atoms with E-state index >= 15 is 0 Å². The number of nitrogens with two attached hydrogens (primary N) is 1. The lowest BCUT2D eigenvalue weighted by Crippen LogP contribution is -2.23. The van der Waals surface area contributed by atoms with Gasteiger partial charge in [0.15, 0.2) is 9.84 Å². The van der Waals surface area contributed by atoms with Crippen molar-refractivity contribution < 1.29 is 13.2 Å². The normalized spacial score (nSPS) is 22.4. The molecule has 6 heteroatoms. The minimum atomic E-state index is -3.21. The fraction of sp³-hybridized carbons (Fsp3) is 0.308. The Labute approximate surface area is 112 Å². The zero-order valence-electron chi connectivity index (χ0n) is 10.5. The van der Waals surface area contributed by atoms with E-state index in [-0.39, 0.29) is 22.8 Å². The maximum Gasteiger partial charge on any atom is 0.231 e. The first-order valence-corrected chi connectivity index (χ1v) is 7.80. The van der Waals surface area contributed by atoms with E-state index in [0.717, 1.165) is 6.26 Å². The second-order valence-electron chi connectivity index (χ2n) is 4.68. The summed E-state index contributed by atoms with van der Waals surface area (Å²) >= 11 is 0. The van der Waals surface area contributed by atoms with Gasteiger partial charge in [-0.3, -0.25) is 4.79 Å². The maximum absolute atomic E-state index is 11.9. The lowest BCUT2D eigenvalue weighted by Gasteiger charge is -2.10. The van der Waals surface area contributed by atoms with E-state index in [2.05, 4.69) is 5.32 Å².